The Kier molecular flexibility index (Phi) is 6.87. The first-order chi connectivity index (χ1) is 12.9. The highest BCUT2D eigenvalue weighted by Crippen LogP contribution is 2.30. The molecular formula is C19H21NO7. The quantitative estimate of drug-likeness (QED) is 0.608. The smallest absolute Gasteiger partial charge is 0.342 e. The molecule has 1 amide bonds. The van der Waals surface area contributed by atoms with Crippen LogP contribution in [0.4, 0.5) is 5.69 Å². The molecule has 144 valence electrons. The Hall–Kier alpha value is -3.42. The average Bonchev–Trinajstić information content (AvgIpc) is 2.62. The van der Waals surface area contributed by atoms with Crippen molar-refractivity contribution in [3.05, 3.63) is 42.0 Å². The lowest BCUT2D eigenvalue weighted by molar-refractivity contribution is -0.119. The molecule has 0 aliphatic rings. The van der Waals surface area contributed by atoms with Gasteiger partial charge in [-0.3, -0.25) is 4.79 Å². The second-order valence-electron chi connectivity index (χ2n) is 5.35. The average molecular weight is 375 g/mol. The number of esters is 1. The SMILES string of the molecule is CCOc1ccc(NC(=O)COC(=O)c2ccc(O)cc2O)cc1OCC. The van der Waals surface area contributed by atoms with E-state index in [9.17, 15) is 19.8 Å². The van der Waals surface area contributed by atoms with Gasteiger partial charge in [0.1, 0.15) is 17.1 Å². The zero-order chi connectivity index (χ0) is 19.8. The van der Waals surface area contributed by atoms with Gasteiger partial charge in [-0.15, -0.1) is 0 Å². The minimum atomic E-state index is -0.885. The van der Waals surface area contributed by atoms with Crippen molar-refractivity contribution in [1.29, 1.82) is 0 Å². The Morgan fingerprint density at radius 3 is 2.33 bits per heavy atom. The second-order valence-corrected chi connectivity index (χ2v) is 5.35. The predicted octanol–water partition coefficient (Wildman–Crippen LogP) is 2.69. The van der Waals surface area contributed by atoms with Gasteiger partial charge >= 0.3 is 5.97 Å². The summed E-state index contributed by atoms with van der Waals surface area (Å²) in [5, 5.41) is 21.4. The molecule has 2 aromatic rings. The van der Waals surface area contributed by atoms with Crippen LogP contribution < -0.4 is 14.8 Å². The van der Waals surface area contributed by atoms with E-state index in [1.54, 1.807) is 18.2 Å². The Morgan fingerprint density at radius 1 is 0.963 bits per heavy atom. The highest BCUT2D eigenvalue weighted by Gasteiger charge is 2.15. The molecule has 0 saturated heterocycles. The van der Waals surface area contributed by atoms with Gasteiger partial charge in [-0.05, 0) is 38.1 Å². The van der Waals surface area contributed by atoms with Crippen LogP contribution in [0.15, 0.2) is 36.4 Å². The maximum atomic E-state index is 12.0. The standard InChI is InChI=1S/C19H21NO7/c1-3-25-16-8-5-12(9-17(16)26-4-2)20-18(23)11-27-19(24)14-7-6-13(21)10-15(14)22/h5-10,21-22H,3-4,11H2,1-2H3,(H,20,23). The second kappa shape index (κ2) is 9.33. The van der Waals surface area contributed by atoms with Crippen LogP contribution >= 0.6 is 0 Å². The zero-order valence-electron chi connectivity index (χ0n) is 15.0. The van der Waals surface area contributed by atoms with Crippen LogP contribution in [0, 0.1) is 0 Å². The number of rotatable bonds is 8. The summed E-state index contributed by atoms with van der Waals surface area (Å²) in [6, 6.07) is 8.35. The molecule has 0 radical (unpaired) electrons. The molecule has 0 aromatic heterocycles. The first kappa shape index (κ1) is 19.9. The van der Waals surface area contributed by atoms with E-state index in [1.807, 2.05) is 13.8 Å². The minimum Gasteiger partial charge on any atom is -0.508 e. The summed E-state index contributed by atoms with van der Waals surface area (Å²) in [5.74, 6) is -1.03. The summed E-state index contributed by atoms with van der Waals surface area (Å²) in [6.45, 7) is 4.05. The number of hydrogen-bond acceptors (Lipinski definition) is 7. The minimum absolute atomic E-state index is 0.153. The van der Waals surface area contributed by atoms with Crippen molar-refractivity contribution in [3.63, 3.8) is 0 Å². The lowest BCUT2D eigenvalue weighted by Crippen LogP contribution is -2.21. The lowest BCUT2D eigenvalue weighted by Gasteiger charge is -2.13. The molecule has 0 aliphatic heterocycles. The number of aromatic hydroxyl groups is 2. The molecule has 0 bridgehead atoms. The van der Waals surface area contributed by atoms with Crippen LogP contribution in [0.1, 0.15) is 24.2 Å². The van der Waals surface area contributed by atoms with Crippen molar-refractivity contribution in [3.8, 4) is 23.0 Å². The van der Waals surface area contributed by atoms with E-state index < -0.39 is 24.2 Å². The van der Waals surface area contributed by atoms with Crippen LogP contribution in [0.25, 0.3) is 0 Å². The molecular weight excluding hydrogens is 354 g/mol. The van der Waals surface area contributed by atoms with Gasteiger partial charge in [-0.1, -0.05) is 0 Å². The summed E-state index contributed by atoms with van der Waals surface area (Å²) in [7, 11) is 0. The molecule has 0 atom stereocenters. The number of amides is 1. The zero-order valence-corrected chi connectivity index (χ0v) is 15.0. The van der Waals surface area contributed by atoms with Crippen LogP contribution in [0.5, 0.6) is 23.0 Å². The number of carbonyl (C=O) groups is 2. The van der Waals surface area contributed by atoms with Crippen LogP contribution in [-0.4, -0.2) is 41.9 Å². The first-order valence-electron chi connectivity index (χ1n) is 8.33. The van der Waals surface area contributed by atoms with E-state index >= 15 is 0 Å². The van der Waals surface area contributed by atoms with E-state index in [-0.39, 0.29) is 11.3 Å². The molecule has 0 saturated carbocycles. The number of anilines is 1. The van der Waals surface area contributed by atoms with Gasteiger partial charge in [0.2, 0.25) is 0 Å². The van der Waals surface area contributed by atoms with Crippen molar-refractivity contribution in [2.24, 2.45) is 0 Å². The Labute approximate surface area is 156 Å². The molecule has 0 spiro atoms. The topological polar surface area (TPSA) is 114 Å². The third-order valence-corrected chi connectivity index (χ3v) is 3.36. The summed E-state index contributed by atoms with van der Waals surface area (Å²) in [5.41, 5.74) is 0.302. The summed E-state index contributed by atoms with van der Waals surface area (Å²) in [4.78, 5) is 23.9. The van der Waals surface area contributed by atoms with E-state index in [2.05, 4.69) is 5.32 Å². The Bertz CT molecular complexity index is 820. The van der Waals surface area contributed by atoms with Gasteiger partial charge in [-0.2, -0.15) is 0 Å². The van der Waals surface area contributed by atoms with Crippen molar-refractivity contribution in [1.82, 2.24) is 0 Å². The highest BCUT2D eigenvalue weighted by molar-refractivity contribution is 5.97. The molecule has 0 heterocycles. The molecule has 8 nitrogen and oxygen atoms in total. The number of hydrogen-bond donors (Lipinski definition) is 3. The molecule has 0 aliphatic carbocycles. The van der Waals surface area contributed by atoms with Crippen molar-refractivity contribution >= 4 is 17.6 Å². The van der Waals surface area contributed by atoms with Crippen LogP contribution in [0.3, 0.4) is 0 Å². The molecule has 2 rings (SSSR count). The normalized spacial score (nSPS) is 10.1. The fraction of sp³-hybridized carbons (Fsp3) is 0.263. The van der Waals surface area contributed by atoms with Gasteiger partial charge in [-0.25, -0.2) is 4.79 Å². The summed E-state index contributed by atoms with van der Waals surface area (Å²) in [6.07, 6.45) is 0. The van der Waals surface area contributed by atoms with E-state index in [1.165, 1.54) is 12.1 Å². The number of phenols is 2. The Balaban J connectivity index is 1.97. The van der Waals surface area contributed by atoms with E-state index in [0.29, 0.717) is 30.4 Å². The molecule has 8 heteroatoms. The number of phenolic OH excluding ortho intramolecular Hbond substituents is 2. The number of benzene rings is 2. The van der Waals surface area contributed by atoms with Gasteiger partial charge in [0, 0.05) is 17.8 Å². The van der Waals surface area contributed by atoms with Crippen molar-refractivity contribution < 1.29 is 34.0 Å². The maximum absolute atomic E-state index is 12.0. The molecule has 27 heavy (non-hydrogen) atoms. The first-order valence-corrected chi connectivity index (χ1v) is 8.33. The van der Waals surface area contributed by atoms with Gasteiger partial charge in [0.15, 0.2) is 18.1 Å². The van der Waals surface area contributed by atoms with E-state index in [4.69, 9.17) is 14.2 Å². The molecule has 3 N–H and O–H groups in total. The van der Waals surface area contributed by atoms with Crippen molar-refractivity contribution in [2.75, 3.05) is 25.1 Å². The summed E-state index contributed by atoms with van der Waals surface area (Å²) >= 11 is 0. The predicted molar refractivity (Wildman–Crippen MR) is 97.5 cm³/mol. The van der Waals surface area contributed by atoms with Crippen molar-refractivity contribution in [2.45, 2.75) is 13.8 Å². The van der Waals surface area contributed by atoms with Gasteiger partial charge in [0.25, 0.3) is 5.91 Å². The fourth-order valence-electron chi connectivity index (χ4n) is 2.23. The third kappa shape index (κ3) is 5.53. The molecule has 0 unspecified atom stereocenters. The maximum Gasteiger partial charge on any atom is 0.342 e. The Morgan fingerprint density at radius 2 is 1.67 bits per heavy atom. The van der Waals surface area contributed by atoms with E-state index in [0.717, 1.165) is 6.07 Å². The lowest BCUT2D eigenvalue weighted by atomic mass is 10.2. The van der Waals surface area contributed by atoms with Gasteiger partial charge < -0.3 is 29.7 Å². The summed E-state index contributed by atoms with van der Waals surface area (Å²) < 4.78 is 15.8. The number of carbonyl (C=O) groups excluding carboxylic acids is 2. The molecule has 0 fully saturated rings. The van der Waals surface area contributed by atoms with Crippen LogP contribution in [-0.2, 0) is 9.53 Å². The largest absolute Gasteiger partial charge is 0.508 e. The van der Waals surface area contributed by atoms with Gasteiger partial charge in [0.05, 0.1) is 13.2 Å². The third-order valence-electron chi connectivity index (χ3n) is 3.36. The van der Waals surface area contributed by atoms with Crippen LogP contribution in [0.2, 0.25) is 0 Å². The number of nitrogens with one attached hydrogen (secondary N) is 1. The fourth-order valence-corrected chi connectivity index (χ4v) is 2.23. The molecule has 2 aromatic carbocycles. The highest BCUT2D eigenvalue weighted by atomic mass is 16.5. The monoisotopic (exact) mass is 375 g/mol. The number of ether oxygens (including phenoxy) is 3.